The van der Waals surface area contributed by atoms with Crippen molar-refractivity contribution in [1.82, 2.24) is 0 Å². The molecule has 3 nitrogen and oxygen atoms in total. The average molecular weight is 481 g/mol. The zero-order chi connectivity index (χ0) is 18.6. The predicted molar refractivity (Wildman–Crippen MR) is 119 cm³/mol. The molecule has 2 aromatic carbocycles. The van der Waals surface area contributed by atoms with E-state index in [1.165, 1.54) is 7.63 Å². The fourth-order valence-electron chi connectivity index (χ4n) is 4.64. The smallest absolute Gasteiger partial charge is 0.147 e. The Morgan fingerprint density at radius 2 is 1.37 bits per heavy atom. The summed E-state index contributed by atoms with van der Waals surface area (Å²) in [5, 5.41) is 1.80. The summed E-state index contributed by atoms with van der Waals surface area (Å²) in [6.45, 7) is 8.52. The molecule has 8 heteroatoms. The summed E-state index contributed by atoms with van der Waals surface area (Å²) in [4.78, 5) is 0. The molecule has 3 rings (SSSR count). The van der Waals surface area contributed by atoms with Crippen LogP contribution in [0.4, 0.5) is 0 Å². The Morgan fingerprint density at radius 1 is 0.963 bits per heavy atom. The maximum atomic E-state index is 15.0. The molecule has 0 aromatic heterocycles. The van der Waals surface area contributed by atoms with Gasteiger partial charge in [0.1, 0.15) is 0 Å². The average Bonchev–Trinajstić information content (AvgIpc) is 2.80. The molecule has 0 bridgehead atoms. The molecule has 0 aliphatic heterocycles. The molecule has 27 heavy (non-hydrogen) atoms. The van der Waals surface area contributed by atoms with Crippen molar-refractivity contribution in [3.8, 4) is 11.1 Å². The maximum absolute atomic E-state index is 15.0. The van der Waals surface area contributed by atoms with E-state index in [-0.39, 0.29) is 29.0 Å². The van der Waals surface area contributed by atoms with E-state index in [0.717, 1.165) is 22.3 Å². The Kier molecular flexibility index (Phi) is 6.73. The van der Waals surface area contributed by atoms with Gasteiger partial charge in [0, 0.05) is 0 Å². The van der Waals surface area contributed by atoms with Crippen LogP contribution < -0.4 is 0 Å². The summed E-state index contributed by atoms with van der Waals surface area (Å²) >= 11 is -5.59. The molecule has 0 saturated carbocycles. The van der Waals surface area contributed by atoms with E-state index in [1.54, 1.807) is 5.23 Å². The number of halogens is 2. The number of benzene rings is 2. The van der Waals surface area contributed by atoms with Gasteiger partial charge >= 0.3 is 153 Å². The second-order valence-corrected chi connectivity index (χ2v) is 31.5. The van der Waals surface area contributed by atoms with Gasteiger partial charge in [-0.3, -0.25) is 0 Å². The Labute approximate surface area is 176 Å². The van der Waals surface area contributed by atoms with E-state index in [4.69, 9.17) is 6.33 Å². The molecule has 0 spiro atoms. The predicted octanol–water partition coefficient (Wildman–Crippen LogP) is 5.49. The Morgan fingerprint density at radius 3 is 1.74 bits per heavy atom. The summed E-state index contributed by atoms with van der Waals surface area (Å²) in [5.41, 5.74) is 4.40. The first-order chi connectivity index (χ1) is 11.4. The van der Waals surface area contributed by atoms with Crippen LogP contribution in [0.15, 0.2) is 48.5 Å². The van der Waals surface area contributed by atoms with Crippen LogP contribution >= 0.6 is 24.8 Å². The summed E-state index contributed by atoms with van der Waals surface area (Å²) in [7, 11) is -0.630. The van der Waals surface area contributed by atoms with Crippen molar-refractivity contribution in [1.29, 1.82) is 0 Å². The first-order valence-electron chi connectivity index (χ1n) is 8.94. The molecule has 0 heterocycles. The molecule has 0 N–H and O–H groups in total. The molecular formula is C19H30Cl2O3Si2Ti. The largest absolute Gasteiger partial charge is 0.147 e. The zero-order valence-corrected chi connectivity index (χ0v) is 22.3. The molecule has 150 valence electrons. The molecule has 2 aromatic rings. The Bertz CT molecular complexity index is 976. The minimum atomic E-state index is -5.59. The normalized spacial score (nSPS) is 14.9. The van der Waals surface area contributed by atoms with Gasteiger partial charge in [-0.05, 0) is 0 Å². The van der Waals surface area contributed by atoms with Crippen LogP contribution in [0, 0.1) is 0 Å². The van der Waals surface area contributed by atoms with Crippen molar-refractivity contribution in [3.63, 3.8) is 0 Å². The van der Waals surface area contributed by atoms with Crippen molar-refractivity contribution in [2.75, 3.05) is 6.61 Å². The van der Waals surface area contributed by atoms with E-state index in [9.17, 15) is 3.32 Å². The summed E-state index contributed by atoms with van der Waals surface area (Å²) < 4.78 is 27.5. The van der Waals surface area contributed by atoms with Crippen LogP contribution in [-0.4, -0.2) is 22.6 Å². The van der Waals surface area contributed by atoms with E-state index in [0.29, 0.717) is 6.61 Å². The number of hydrogen-bond donors (Lipinski definition) is 0. The van der Waals surface area contributed by atoms with Crippen molar-refractivity contribution >= 4 is 40.8 Å². The molecule has 0 amide bonds. The number of hydrogen-bond acceptors (Lipinski definition) is 3. The van der Waals surface area contributed by atoms with Crippen LogP contribution in [0.3, 0.4) is 0 Å². The maximum Gasteiger partial charge on any atom is -0.147 e. The second-order valence-electron chi connectivity index (χ2n) is 8.75. The topological polar surface area (TPSA) is 35.5 Å². The molecule has 0 unspecified atom stereocenters. The summed E-state index contributed by atoms with van der Waals surface area (Å²) in [6, 6.07) is 16.4. The van der Waals surface area contributed by atoms with Gasteiger partial charge in [0.05, 0.1) is 0 Å². The van der Waals surface area contributed by atoms with E-state index >= 15 is 0 Å². The van der Waals surface area contributed by atoms with Gasteiger partial charge in [0.2, 0.25) is 0 Å². The Hall–Kier alpha value is -0.112. The van der Waals surface area contributed by atoms with Gasteiger partial charge in [0.25, 0.3) is 0 Å². The second kappa shape index (κ2) is 7.29. The van der Waals surface area contributed by atoms with Crippen molar-refractivity contribution < 1.29 is 23.2 Å². The standard InChI is InChI=1S/C13H9.C3H9OSi.C2H5O.CH3.2ClH.O.H2Si.Ti/c1-3-7-12-10(5-1)9-11-6-2-4-8-13(11)12;1-5(2,3)4;1-2-3;;;;;;/h1-9H;1-3H3;2H2,1H3;1H3;2*1H;;1H2;/q;2*-1;;;;;;+2. The van der Waals surface area contributed by atoms with Crippen LogP contribution in [0.1, 0.15) is 22.3 Å². The molecule has 0 fully saturated rings. The monoisotopic (exact) mass is 480 g/mol. The summed E-state index contributed by atoms with van der Waals surface area (Å²) in [6.07, 6.45) is 0. The quantitative estimate of drug-likeness (QED) is 0.531. The molecule has 0 saturated heterocycles. The molecule has 0 atom stereocenters. The van der Waals surface area contributed by atoms with E-state index in [2.05, 4.69) is 43.9 Å². The number of rotatable bonds is 5. The van der Waals surface area contributed by atoms with E-state index < -0.39 is 21.8 Å². The third-order valence-electron chi connectivity index (χ3n) is 4.89. The third-order valence-corrected chi connectivity index (χ3v) is 21.7. The molecule has 1 aliphatic carbocycles. The van der Waals surface area contributed by atoms with E-state index in [1.807, 2.05) is 31.2 Å². The van der Waals surface area contributed by atoms with Crippen molar-refractivity contribution in [3.05, 3.63) is 59.7 Å². The first kappa shape index (κ1) is 24.9. The fourth-order valence-corrected chi connectivity index (χ4v) is 29.7. The minimum Gasteiger partial charge on any atom is -0.147 e. The SMILES string of the molecule is CC[O][Ti]([CH3])(=[O])(=[SiH2])([O][Si](C)(C)C)[CH]1c2ccccc2-c2ccccc21.Cl.Cl. The van der Waals surface area contributed by atoms with Crippen LogP contribution in [0.2, 0.25) is 24.9 Å². The van der Waals surface area contributed by atoms with Gasteiger partial charge in [-0.1, -0.05) is 0 Å². The van der Waals surface area contributed by atoms with Crippen molar-refractivity contribution in [2.45, 2.75) is 36.0 Å². The summed E-state index contributed by atoms with van der Waals surface area (Å²) in [5.74, 6) is 0. The zero-order valence-electron chi connectivity index (χ0n) is 16.7. The first-order valence-corrected chi connectivity index (χ1v) is 20.7. The van der Waals surface area contributed by atoms with Crippen molar-refractivity contribution in [2.24, 2.45) is 0 Å². The van der Waals surface area contributed by atoms with Gasteiger partial charge in [-0.25, -0.2) is 0 Å². The van der Waals surface area contributed by atoms with Gasteiger partial charge < -0.3 is 0 Å². The van der Waals surface area contributed by atoms with Crippen LogP contribution in [0.5, 0.6) is 0 Å². The van der Waals surface area contributed by atoms with Crippen LogP contribution in [-0.2, 0) is 23.2 Å². The van der Waals surface area contributed by atoms with Crippen LogP contribution in [0.25, 0.3) is 11.1 Å². The molecular weight excluding hydrogens is 451 g/mol. The minimum absolute atomic E-state index is 0. The molecule has 1 aliphatic rings. The van der Waals surface area contributed by atoms with Gasteiger partial charge in [-0.2, -0.15) is 0 Å². The van der Waals surface area contributed by atoms with Gasteiger partial charge in [-0.15, -0.1) is 24.8 Å². The third kappa shape index (κ3) is 4.41. The van der Waals surface area contributed by atoms with Gasteiger partial charge in [0.15, 0.2) is 0 Å². The molecule has 0 radical (unpaired) electrons. The number of fused-ring (bicyclic) bond motifs is 3. The Balaban J connectivity index is 0.00000182. The fraction of sp³-hybridized carbons (Fsp3) is 0.368.